The Morgan fingerprint density at radius 3 is 2.28 bits per heavy atom. The van der Waals surface area contributed by atoms with E-state index in [0.29, 0.717) is 18.8 Å². The second kappa shape index (κ2) is 8.89. The van der Waals surface area contributed by atoms with Crippen LogP contribution in [0, 0.1) is 28.1 Å². The predicted octanol–water partition coefficient (Wildman–Crippen LogP) is 3.70. The zero-order valence-corrected chi connectivity index (χ0v) is 18.1. The Bertz CT molecular complexity index is 759. The van der Waals surface area contributed by atoms with Gasteiger partial charge in [-0.2, -0.15) is 5.26 Å². The molecule has 0 aromatic rings. The van der Waals surface area contributed by atoms with Gasteiger partial charge < -0.3 is 19.9 Å². The van der Waals surface area contributed by atoms with Crippen LogP contribution in [0.5, 0.6) is 0 Å². The van der Waals surface area contributed by atoms with Gasteiger partial charge in [-0.05, 0) is 50.9 Å². The Kier molecular flexibility index (Phi) is 6.99. The molecule has 0 aromatic heterocycles. The molecule has 7 heteroatoms. The van der Waals surface area contributed by atoms with Crippen molar-refractivity contribution in [2.24, 2.45) is 22.5 Å². The van der Waals surface area contributed by atoms with Crippen molar-refractivity contribution in [2.75, 3.05) is 13.2 Å². The first-order valence-electron chi connectivity index (χ1n) is 10.2. The van der Waals surface area contributed by atoms with Crippen molar-refractivity contribution in [3.8, 4) is 6.07 Å². The number of hydrogen-bond donors (Lipinski definition) is 1. The van der Waals surface area contributed by atoms with Crippen molar-refractivity contribution in [2.45, 2.75) is 66.7 Å². The molecule has 1 fully saturated rings. The summed E-state index contributed by atoms with van der Waals surface area (Å²) >= 11 is 0. The number of ether oxygens (including phenoxy) is 3. The quantitative estimate of drug-likeness (QED) is 0.695. The fraction of sp³-hybridized carbons (Fsp3) is 0.682. The number of carbonyl (C=O) groups is 2. The molecule has 0 bridgehead atoms. The fourth-order valence-corrected chi connectivity index (χ4v) is 4.48. The minimum atomic E-state index is -0.896. The summed E-state index contributed by atoms with van der Waals surface area (Å²) in [6.07, 6.45) is 2.58. The second-order valence-electron chi connectivity index (χ2n) is 8.68. The highest BCUT2D eigenvalue weighted by atomic mass is 16.5. The maximum Gasteiger partial charge on any atom is 0.338 e. The molecule has 2 rings (SSSR count). The van der Waals surface area contributed by atoms with Gasteiger partial charge in [0, 0.05) is 5.41 Å². The zero-order chi connectivity index (χ0) is 21.8. The Morgan fingerprint density at radius 1 is 1.21 bits per heavy atom. The lowest BCUT2D eigenvalue weighted by Gasteiger charge is -2.46. The first-order chi connectivity index (χ1) is 13.6. The van der Waals surface area contributed by atoms with Crippen molar-refractivity contribution in [1.82, 2.24) is 0 Å². The first-order valence-corrected chi connectivity index (χ1v) is 10.2. The maximum absolute atomic E-state index is 13.0. The molecule has 7 nitrogen and oxygen atoms in total. The van der Waals surface area contributed by atoms with Crippen molar-refractivity contribution < 1.29 is 23.8 Å². The molecule has 2 aliphatic rings. The Labute approximate surface area is 172 Å². The number of nitriles is 1. The van der Waals surface area contributed by atoms with Gasteiger partial charge in [-0.3, -0.25) is 4.79 Å². The summed E-state index contributed by atoms with van der Waals surface area (Å²) < 4.78 is 16.0. The van der Waals surface area contributed by atoms with Gasteiger partial charge in [0.1, 0.15) is 23.8 Å². The van der Waals surface area contributed by atoms with Crippen LogP contribution in [0.25, 0.3) is 0 Å². The SMILES string of the molecule is CCOC(=O)CC1=C(C(=O)OCC)C2(CCC(C(C)(C)C)CC2)C(C#N)=C(N)O1. The summed E-state index contributed by atoms with van der Waals surface area (Å²) in [4.78, 5) is 25.1. The molecule has 2 N–H and O–H groups in total. The number of nitrogens with zero attached hydrogens (tertiary/aromatic N) is 1. The van der Waals surface area contributed by atoms with Crippen molar-refractivity contribution in [3.05, 3.63) is 22.8 Å². The average Bonchev–Trinajstić information content (AvgIpc) is 2.61. The monoisotopic (exact) mass is 404 g/mol. The van der Waals surface area contributed by atoms with Crippen molar-refractivity contribution in [3.63, 3.8) is 0 Å². The molecule has 1 aliphatic heterocycles. The molecule has 1 heterocycles. The van der Waals surface area contributed by atoms with Crippen LogP contribution in [0.15, 0.2) is 22.8 Å². The average molecular weight is 405 g/mol. The summed E-state index contributed by atoms with van der Waals surface area (Å²) in [5.74, 6) is -0.548. The van der Waals surface area contributed by atoms with Gasteiger partial charge in [0.05, 0.1) is 18.8 Å². The van der Waals surface area contributed by atoms with E-state index in [1.807, 2.05) is 0 Å². The van der Waals surface area contributed by atoms with E-state index in [1.165, 1.54) is 0 Å². The molecule has 1 aliphatic carbocycles. The third-order valence-corrected chi connectivity index (χ3v) is 5.98. The summed E-state index contributed by atoms with van der Waals surface area (Å²) in [6, 6.07) is 2.17. The standard InChI is InChI=1S/C22H32N2O5/c1-6-27-17(25)12-16-18(20(26)28-7-2)22(15(13-23)19(24)29-16)10-8-14(9-11-22)21(3,4)5/h14H,6-12,24H2,1-5H3. The van der Waals surface area contributed by atoms with Crippen LogP contribution >= 0.6 is 0 Å². The summed E-state index contributed by atoms with van der Waals surface area (Å²) in [5.41, 5.74) is 5.81. The van der Waals surface area contributed by atoms with Crippen molar-refractivity contribution in [1.29, 1.82) is 5.26 Å². The number of nitrogens with two attached hydrogens (primary N) is 1. The third-order valence-electron chi connectivity index (χ3n) is 5.98. The van der Waals surface area contributed by atoms with Gasteiger partial charge in [0.25, 0.3) is 0 Å². The third kappa shape index (κ3) is 4.58. The molecule has 0 unspecified atom stereocenters. The maximum atomic E-state index is 13.0. The van der Waals surface area contributed by atoms with Crippen LogP contribution < -0.4 is 5.73 Å². The number of hydrogen-bond acceptors (Lipinski definition) is 7. The Balaban J connectivity index is 2.55. The van der Waals surface area contributed by atoms with E-state index < -0.39 is 17.4 Å². The summed E-state index contributed by atoms with van der Waals surface area (Å²) in [5, 5.41) is 9.85. The number of rotatable bonds is 5. The molecule has 160 valence electrons. The lowest BCUT2D eigenvalue weighted by Crippen LogP contribution is -2.42. The first kappa shape index (κ1) is 22.8. The molecule has 0 radical (unpaired) electrons. The van der Waals surface area contributed by atoms with Crippen LogP contribution in [0.2, 0.25) is 0 Å². The van der Waals surface area contributed by atoms with Gasteiger partial charge in [-0.25, -0.2) is 4.79 Å². The predicted molar refractivity (Wildman–Crippen MR) is 107 cm³/mol. The Morgan fingerprint density at radius 2 is 1.79 bits per heavy atom. The molecular weight excluding hydrogens is 372 g/mol. The summed E-state index contributed by atoms with van der Waals surface area (Å²) in [6.45, 7) is 10.4. The van der Waals surface area contributed by atoms with E-state index in [1.54, 1.807) is 13.8 Å². The Hall–Kier alpha value is -2.49. The highest BCUT2D eigenvalue weighted by molar-refractivity contribution is 5.93. The molecular formula is C22H32N2O5. The molecule has 0 amide bonds. The lowest BCUT2D eigenvalue weighted by atomic mass is 9.58. The highest BCUT2D eigenvalue weighted by Crippen LogP contribution is 2.56. The van der Waals surface area contributed by atoms with Crippen LogP contribution in [0.1, 0.15) is 66.7 Å². The van der Waals surface area contributed by atoms with Crippen molar-refractivity contribution >= 4 is 11.9 Å². The van der Waals surface area contributed by atoms with Crippen LogP contribution in [-0.4, -0.2) is 25.2 Å². The van der Waals surface area contributed by atoms with Crippen LogP contribution in [-0.2, 0) is 23.8 Å². The van der Waals surface area contributed by atoms with E-state index >= 15 is 0 Å². The smallest absolute Gasteiger partial charge is 0.338 e. The summed E-state index contributed by atoms with van der Waals surface area (Å²) in [7, 11) is 0. The molecule has 0 atom stereocenters. The number of allylic oxidation sites excluding steroid dienone is 1. The van der Waals surface area contributed by atoms with Gasteiger partial charge >= 0.3 is 11.9 Å². The van der Waals surface area contributed by atoms with E-state index in [-0.39, 0.29) is 47.8 Å². The number of esters is 2. The molecule has 1 saturated carbocycles. The van der Waals surface area contributed by atoms with Crippen LogP contribution in [0.4, 0.5) is 0 Å². The van der Waals surface area contributed by atoms with Crippen LogP contribution in [0.3, 0.4) is 0 Å². The van der Waals surface area contributed by atoms with E-state index in [4.69, 9.17) is 19.9 Å². The normalized spacial score (nSPS) is 24.8. The molecule has 29 heavy (non-hydrogen) atoms. The van der Waals surface area contributed by atoms with E-state index in [9.17, 15) is 14.9 Å². The highest BCUT2D eigenvalue weighted by Gasteiger charge is 2.52. The molecule has 0 aromatic carbocycles. The van der Waals surface area contributed by atoms with Gasteiger partial charge in [0.15, 0.2) is 0 Å². The topological polar surface area (TPSA) is 112 Å². The molecule has 0 saturated heterocycles. The molecule has 1 spiro atoms. The lowest BCUT2D eigenvalue weighted by molar-refractivity contribution is -0.143. The van der Waals surface area contributed by atoms with Gasteiger partial charge in [-0.1, -0.05) is 20.8 Å². The second-order valence-corrected chi connectivity index (χ2v) is 8.68. The minimum absolute atomic E-state index is 0.0472. The van der Waals surface area contributed by atoms with E-state index in [2.05, 4.69) is 26.8 Å². The van der Waals surface area contributed by atoms with Gasteiger partial charge in [0.2, 0.25) is 5.88 Å². The fourth-order valence-electron chi connectivity index (χ4n) is 4.48. The largest absolute Gasteiger partial charge is 0.466 e. The number of carbonyl (C=O) groups excluding carboxylic acids is 2. The minimum Gasteiger partial charge on any atom is -0.466 e. The zero-order valence-electron chi connectivity index (χ0n) is 18.1. The van der Waals surface area contributed by atoms with E-state index in [0.717, 1.165) is 12.8 Å². The van der Waals surface area contributed by atoms with Gasteiger partial charge in [-0.15, -0.1) is 0 Å².